The van der Waals surface area contributed by atoms with Gasteiger partial charge in [0.05, 0.1) is 44.7 Å². The van der Waals surface area contributed by atoms with Crippen LogP contribution in [0.15, 0.2) is 82.6 Å². The van der Waals surface area contributed by atoms with Gasteiger partial charge in [-0.1, -0.05) is 54.2 Å². The minimum Gasteiger partial charge on any atom is -0.507 e. The molecule has 1 saturated heterocycles. The van der Waals surface area contributed by atoms with Crippen molar-refractivity contribution < 1.29 is 28.8 Å². The third-order valence-electron chi connectivity index (χ3n) is 6.56. The van der Waals surface area contributed by atoms with E-state index in [2.05, 4.69) is 18.2 Å². The van der Waals surface area contributed by atoms with Crippen LogP contribution in [-0.2, 0) is 18.9 Å². The minimum atomic E-state index is -0.146. The second kappa shape index (κ2) is 13.0. The lowest BCUT2D eigenvalue weighted by molar-refractivity contribution is -0.0740. The molecular formula is C32H36O6S. The topological polar surface area (TPSA) is 69.7 Å². The third kappa shape index (κ3) is 7.44. The average molecular weight is 549 g/mol. The molecule has 1 heterocycles. The molecule has 4 aromatic carbocycles. The van der Waals surface area contributed by atoms with Crippen LogP contribution in [0.4, 0.5) is 0 Å². The van der Waals surface area contributed by atoms with Gasteiger partial charge in [0, 0.05) is 31.3 Å². The van der Waals surface area contributed by atoms with Crippen molar-refractivity contribution in [1.29, 1.82) is 0 Å². The second-order valence-corrected chi connectivity index (χ2v) is 11.2. The molecular weight excluding hydrogens is 512 g/mol. The van der Waals surface area contributed by atoms with E-state index in [1.165, 1.54) is 0 Å². The Labute approximate surface area is 234 Å². The summed E-state index contributed by atoms with van der Waals surface area (Å²) in [5.74, 6) is 1.02. The molecule has 1 fully saturated rings. The van der Waals surface area contributed by atoms with Crippen molar-refractivity contribution in [1.82, 2.24) is 0 Å². The Morgan fingerprint density at radius 1 is 0.744 bits per heavy atom. The predicted octanol–water partition coefficient (Wildman–Crippen LogP) is 6.84. The Bertz CT molecular complexity index is 1370. The molecule has 1 aliphatic heterocycles. The fourth-order valence-corrected chi connectivity index (χ4v) is 5.20. The summed E-state index contributed by atoms with van der Waals surface area (Å²) in [7, 11) is 0. The van der Waals surface area contributed by atoms with Crippen LogP contribution in [0.25, 0.3) is 21.5 Å². The summed E-state index contributed by atoms with van der Waals surface area (Å²) in [6.07, 6.45) is 0.0611. The van der Waals surface area contributed by atoms with Gasteiger partial charge in [0.15, 0.2) is 0 Å². The number of phenolic OH excluding ortho intramolecular Hbond substituents is 1. The second-order valence-electron chi connectivity index (χ2n) is 10.0. The summed E-state index contributed by atoms with van der Waals surface area (Å²) in [5, 5.41) is 14.5. The zero-order valence-electron chi connectivity index (χ0n) is 22.7. The maximum Gasteiger partial charge on any atom is 0.135 e. The van der Waals surface area contributed by atoms with Gasteiger partial charge >= 0.3 is 0 Å². The van der Waals surface area contributed by atoms with Gasteiger partial charge in [-0.3, -0.25) is 0 Å². The average Bonchev–Trinajstić information content (AvgIpc) is 3.79. The van der Waals surface area contributed by atoms with Gasteiger partial charge in [-0.25, -0.2) is 0 Å². The molecule has 0 saturated carbocycles. The molecule has 1 N–H and O–H groups in total. The lowest BCUT2D eigenvalue weighted by atomic mass is 10.0. The Kier molecular flexibility index (Phi) is 9.27. The van der Waals surface area contributed by atoms with E-state index in [1.807, 2.05) is 75.4 Å². The number of fused-ring (bicyclic) bond motifs is 2. The summed E-state index contributed by atoms with van der Waals surface area (Å²) in [6.45, 7) is 8.75. The standard InChI is InChI=1S/C32H36O6S/c1-21(34-17-22(2)36-19-24-20-37-24)16-35-23(3)18-38-32-28-12-8-7-11-27(28)31(33)30-15-26(13-14-29(30)32)39-25-9-5-4-6-10-25/h4-15,21-24,33H,16-20H2,1-3H3. The summed E-state index contributed by atoms with van der Waals surface area (Å²) in [5.41, 5.74) is 0. The summed E-state index contributed by atoms with van der Waals surface area (Å²) < 4.78 is 29.2. The fourth-order valence-electron chi connectivity index (χ4n) is 4.32. The van der Waals surface area contributed by atoms with Gasteiger partial charge in [-0.2, -0.15) is 0 Å². The number of ether oxygens (including phenoxy) is 5. The van der Waals surface area contributed by atoms with Gasteiger partial charge in [0.1, 0.15) is 24.2 Å². The number of hydrogen-bond acceptors (Lipinski definition) is 7. The van der Waals surface area contributed by atoms with Crippen molar-refractivity contribution in [3.63, 3.8) is 0 Å². The molecule has 4 atom stereocenters. The Hall–Kier alpha value is -2.81. The van der Waals surface area contributed by atoms with Crippen LogP contribution >= 0.6 is 11.8 Å². The van der Waals surface area contributed by atoms with E-state index in [0.29, 0.717) is 26.4 Å². The molecule has 206 valence electrons. The minimum absolute atomic E-state index is 0.0140. The molecule has 0 amide bonds. The van der Waals surface area contributed by atoms with Crippen molar-refractivity contribution in [2.75, 3.05) is 33.0 Å². The molecule has 4 aromatic rings. The zero-order valence-corrected chi connectivity index (χ0v) is 23.5. The Morgan fingerprint density at radius 2 is 1.36 bits per heavy atom. The highest BCUT2D eigenvalue weighted by Crippen LogP contribution is 2.44. The lowest BCUT2D eigenvalue weighted by Gasteiger charge is -2.21. The van der Waals surface area contributed by atoms with Crippen LogP contribution in [0.2, 0.25) is 0 Å². The maximum absolute atomic E-state index is 11.2. The van der Waals surface area contributed by atoms with Gasteiger partial charge in [0.2, 0.25) is 0 Å². The van der Waals surface area contributed by atoms with E-state index in [4.69, 9.17) is 23.7 Å². The van der Waals surface area contributed by atoms with E-state index in [1.54, 1.807) is 11.8 Å². The monoisotopic (exact) mass is 548 g/mol. The number of aromatic hydroxyl groups is 1. The van der Waals surface area contributed by atoms with Crippen LogP contribution in [0.1, 0.15) is 20.8 Å². The SMILES string of the molecule is CC(COc1c2ccccc2c(O)c2cc(Sc3ccccc3)ccc12)OCC(C)OCC(C)OCC1CO1. The van der Waals surface area contributed by atoms with Crippen molar-refractivity contribution in [2.45, 2.75) is 55.0 Å². The van der Waals surface area contributed by atoms with E-state index < -0.39 is 0 Å². The first-order valence-corrected chi connectivity index (χ1v) is 14.3. The van der Waals surface area contributed by atoms with Crippen LogP contribution in [0.3, 0.4) is 0 Å². The highest BCUT2D eigenvalue weighted by Gasteiger charge is 2.23. The lowest BCUT2D eigenvalue weighted by Crippen LogP contribution is -2.27. The molecule has 0 radical (unpaired) electrons. The number of benzene rings is 4. The highest BCUT2D eigenvalue weighted by molar-refractivity contribution is 7.99. The molecule has 7 heteroatoms. The molecule has 1 aliphatic rings. The van der Waals surface area contributed by atoms with Crippen molar-refractivity contribution in [2.24, 2.45) is 0 Å². The number of epoxide rings is 1. The van der Waals surface area contributed by atoms with E-state index in [0.717, 1.165) is 43.7 Å². The maximum atomic E-state index is 11.2. The van der Waals surface area contributed by atoms with E-state index in [9.17, 15) is 5.11 Å². The number of rotatable bonds is 14. The van der Waals surface area contributed by atoms with Crippen molar-refractivity contribution in [3.8, 4) is 11.5 Å². The molecule has 6 nitrogen and oxygen atoms in total. The number of hydrogen-bond donors (Lipinski definition) is 1. The molecule has 39 heavy (non-hydrogen) atoms. The summed E-state index contributed by atoms with van der Waals surface area (Å²) >= 11 is 1.66. The van der Waals surface area contributed by atoms with Crippen LogP contribution in [0.5, 0.6) is 11.5 Å². The van der Waals surface area contributed by atoms with Crippen LogP contribution in [0, 0.1) is 0 Å². The normalized spacial score (nSPS) is 17.3. The van der Waals surface area contributed by atoms with E-state index >= 15 is 0 Å². The predicted molar refractivity (Wildman–Crippen MR) is 155 cm³/mol. The molecule has 0 bridgehead atoms. The largest absolute Gasteiger partial charge is 0.507 e. The zero-order chi connectivity index (χ0) is 27.2. The quantitative estimate of drug-likeness (QED) is 0.137. The summed E-state index contributed by atoms with van der Waals surface area (Å²) in [6, 6.07) is 24.1. The smallest absolute Gasteiger partial charge is 0.135 e. The van der Waals surface area contributed by atoms with Crippen LogP contribution < -0.4 is 4.74 Å². The molecule has 0 aromatic heterocycles. The van der Waals surface area contributed by atoms with Crippen LogP contribution in [-0.4, -0.2) is 62.6 Å². The molecule has 5 rings (SSSR count). The Balaban J connectivity index is 1.23. The van der Waals surface area contributed by atoms with E-state index in [-0.39, 0.29) is 30.2 Å². The summed E-state index contributed by atoms with van der Waals surface area (Å²) in [4.78, 5) is 2.20. The van der Waals surface area contributed by atoms with Gasteiger partial charge in [-0.05, 0) is 51.1 Å². The molecule has 4 unspecified atom stereocenters. The Morgan fingerprint density at radius 3 is 2.08 bits per heavy atom. The van der Waals surface area contributed by atoms with Crippen molar-refractivity contribution >= 4 is 33.3 Å². The number of phenols is 1. The van der Waals surface area contributed by atoms with Gasteiger partial charge in [-0.15, -0.1) is 0 Å². The first kappa shape index (κ1) is 27.7. The highest BCUT2D eigenvalue weighted by atomic mass is 32.2. The first-order valence-electron chi connectivity index (χ1n) is 13.5. The van der Waals surface area contributed by atoms with Gasteiger partial charge < -0.3 is 28.8 Å². The van der Waals surface area contributed by atoms with Gasteiger partial charge in [0.25, 0.3) is 0 Å². The molecule has 0 aliphatic carbocycles. The third-order valence-corrected chi connectivity index (χ3v) is 7.56. The molecule has 0 spiro atoms. The fraction of sp³-hybridized carbons (Fsp3) is 0.375. The first-order chi connectivity index (χ1) is 19.0. The van der Waals surface area contributed by atoms with Crippen molar-refractivity contribution in [3.05, 3.63) is 72.8 Å².